The van der Waals surface area contributed by atoms with Gasteiger partial charge in [0.25, 0.3) is 0 Å². The molecule has 12 nitrogen and oxygen atoms in total. The number of hydrogen-bond acceptors (Lipinski definition) is 12. The van der Waals surface area contributed by atoms with Crippen LogP contribution in [0.15, 0.2) is 95.0 Å². The van der Waals surface area contributed by atoms with Gasteiger partial charge in [0.15, 0.2) is 11.5 Å². The number of fused-ring (bicyclic) bond motifs is 3. The first-order chi connectivity index (χ1) is 29.9. The van der Waals surface area contributed by atoms with Crippen molar-refractivity contribution < 1.29 is 48.3 Å². The number of halogens is 1. The quantitative estimate of drug-likeness (QED) is 0.0348. The van der Waals surface area contributed by atoms with Crippen LogP contribution in [-0.4, -0.2) is 90.7 Å². The van der Waals surface area contributed by atoms with Crippen molar-refractivity contribution in [3.05, 3.63) is 96.1 Å². The lowest BCUT2D eigenvalue weighted by Gasteiger charge is -2.59. The Morgan fingerprint density at radius 3 is 2.49 bits per heavy atom. The van der Waals surface area contributed by atoms with Crippen LogP contribution in [0.25, 0.3) is 0 Å². The van der Waals surface area contributed by atoms with E-state index in [9.17, 15) is 15.0 Å². The predicted octanol–water partition coefficient (Wildman–Crippen LogP) is 9.46. The molecule has 0 saturated heterocycles. The summed E-state index contributed by atoms with van der Waals surface area (Å²) in [6.45, 7) is 6.80. The van der Waals surface area contributed by atoms with Crippen LogP contribution in [0, 0.1) is 17.8 Å². The summed E-state index contributed by atoms with van der Waals surface area (Å²) in [5.74, 6) is 1.24. The summed E-state index contributed by atoms with van der Waals surface area (Å²) in [5, 5.41) is 24.6. The molecule has 0 radical (unpaired) electrons. The highest BCUT2D eigenvalue weighted by Gasteiger charge is 2.65. The van der Waals surface area contributed by atoms with Crippen LogP contribution in [-0.2, 0) is 20.9 Å². The Morgan fingerprint density at radius 2 is 1.75 bits per heavy atom. The van der Waals surface area contributed by atoms with E-state index in [1.807, 2.05) is 67.8 Å². The van der Waals surface area contributed by atoms with Crippen molar-refractivity contribution in [2.45, 2.75) is 81.1 Å². The van der Waals surface area contributed by atoms with E-state index in [-0.39, 0.29) is 69.8 Å². The smallest absolute Gasteiger partial charge is 0.410 e. The van der Waals surface area contributed by atoms with Crippen LogP contribution in [0.4, 0.5) is 4.79 Å². The Bertz CT molecular complexity index is 2030. The van der Waals surface area contributed by atoms with Gasteiger partial charge in [-0.05, 0) is 116 Å². The van der Waals surface area contributed by atoms with Gasteiger partial charge in [-0.2, -0.15) is 0 Å². The third-order valence-corrected chi connectivity index (χ3v) is 12.8. The molecular weight excluding hydrogens is 820 g/mol. The molecule has 6 atom stereocenters. The molecule has 328 valence electrons. The van der Waals surface area contributed by atoms with Crippen molar-refractivity contribution in [1.29, 1.82) is 0 Å². The third-order valence-electron chi connectivity index (χ3n) is 11.9. The Labute approximate surface area is 367 Å². The number of carbonyl (C=O) groups excluding carboxylic acids is 1. The summed E-state index contributed by atoms with van der Waals surface area (Å²) in [5.41, 5.74) is 3.36. The average Bonchev–Trinajstić information content (AvgIpc) is 3.76. The number of oxime groups is 1. The van der Waals surface area contributed by atoms with Crippen LogP contribution in [0.2, 0.25) is 0 Å². The summed E-state index contributed by atoms with van der Waals surface area (Å²) in [7, 11) is 0. The molecule has 3 aromatic carbocycles. The van der Waals surface area contributed by atoms with E-state index in [1.165, 1.54) is 0 Å². The van der Waals surface area contributed by atoms with E-state index in [2.05, 4.69) is 18.7 Å². The maximum absolute atomic E-state index is 14.5. The SMILES string of the molecule is C=CCOC12Oc3ccc(Oc4ccc(SC)cc4)cc3C3C(CCCCO)C(CCCCO)C=C(C(=NOCC)CC1N(Cc1ccc4c(c1)OCO4)C(=O)OCCCl)C32. The molecule has 3 aromatic rings. The van der Waals surface area contributed by atoms with Crippen LogP contribution in [0.3, 0.4) is 0 Å². The number of aliphatic hydroxyl groups excluding tert-OH is 2. The fraction of sp³-hybridized carbons (Fsp3) is 0.489. The van der Waals surface area contributed by atoms with E-state index in [4.69, 9.17) is 50.0 Å². The highest BCUT2D eigenvalue weighted by atomic mass is 35.5. The Balaban J connectivity index is 1.43. The van der Waals surface area contributed by atoms with Gasteiger partial charge in [-0.1, -0.05) is 36.2 Å². The van der Waals surface area contributed by atoms with E-state index >= 15 is 0 Å². The molecule has 2 heterocycles. The topological polar surface area (TPSA) is 138 Å². The fourth-order valence-electron chi connectivity index (χ4n) is 9.38. The lowest BCUT2D eigenvalue weighted by atomic mass is 9.55. The van der Waals surface area contributed by atoms with Crippen LogP contribution in [0.5, 0.6) is 28.7 Å². The van der Waals surface area contributed by atoms with Gasteiger partial charge < -0.3 is 43.5 Å². The Hall–Kier alpha value is -4.40. The minimum atomic E-state index is -1.47. The summed E-state index contributed by atoms with van der Waals surface area (Å²) < 4.78 is 38.2. The van der Waals surface area contributed by atoms with Gasteiger partial charge in [0.2, 0.25) is 12.6 Å². The second-order valence-corrected chi connectivity index (χ2v) is 16.8. The number of thioether (sulfide) groups is 1. The zero-order valence-corrected chi connectivity index (χ0v) is 36.5. The van der Waals surface area contributed by atoms with Gasteiger partial charge in [-0.15, -0.1) is 29.9 Å². The fourth-order valence-corrected chi connectivity index (χ4v) is 9.87. The number of aliphatic hydroxyl groups is 2. The first kappa shape index (κ1) is 44.6. The lowest BCUT2D eigenvalue weighted by Crippen LogP contribution is -2.70. The first-order valence-electron chi connectivity index (χ1n) is 21.3. The molecule has 6 unspecified atom stereocenters. The first-order valence-corrected chi connectivity index (χ1v) is 23.0. The van der Waals surface area contributed by atoms with Crippen LogP contribution < -0.4 is 18.9 Å². The molecule has 0 bridgehead atoms. The van der Waals surface area contributed by atoms with Gasteiger partial charge in [0.05, 0.1) is 24.1 Å². The molecule has 2 N–H and O–H groups in total. The summed E-state index contributed by atoms with van der Waals surface area (Å²) >= 11 is 7.77. The molecule has 61 heavy (non-hydrogen) atoms. The Morgan fingerprint density at radius 1 is 1.00 bits per heavy atom. The second kappa shape index (κ2) is 21.1. The average molecular weight is 877 g/mol. The molecule has 1 fully saturated rings. The summed E-state index contributed by atoms with van der Waals surface area (Å²) in [6.07, 6.45) is 10.3. The zero-order valence-electron chi connectivity index (χ0n) is 35.0. The largest absolute Gasteiger partial charge is 0.459 e. The number of benzene rings is 3. The molecule has 4 aliphatic rings. The number of ether oxygens (including phenoxy) is 6. The van der Waals surface area contributed by atoms with E-state index in [1.54, 1.807) is 22.7 Å². The number of hydrogen-bond donors (Lipinski definition) is 2. The van der Waals surface area contributed by atoms with Crippen molar-refractivity contribution in [1.82, 2.24) is 4.90 Å². The molecule has 14 heteroatoms. The normalized spacial score (nSPS) is 23.9. The second-order valence-electron chi connectivity index (χ2n) is 15.6. The molecule has 2 aliphatic heterocycles. The number of alkyl halides is 1. The van der Waals surface area contributed by atoms with Crippen molar-refractivity contribution in [3.8, 4) is 28.7 Å². The van der Waals surface area contributed by atoms with Gasteiger partial charge in [0.1, 0.15) is 36.5 Å². The maximum atomic E-state index is 14.5. The number of carbonyl (C=O) groups is 1. The molecule has 0 aromatic heterocycles. The predicted molar refractivity (Wildman–Crippen MR) is 235 cm³/mol. The minimum Gasteiger partial charge on any atom is -0.459 e. The van der Waals surface area contributed by atoms with Crippen molar-refractivity contribution in [3.63, 3.8) is 0 Å². The van der Waals surface area contributed by atoms with Crippen LogP contribution in [0.1, 0.15) is 68.9 Å². The highest BCUT2D eigenvalue weighted by molar-refractivity contribution is 7.98. The molecule has 2 aliphatic carbocycles. The van der Waals surface area contributed by atoms with E-state index in [0.717, 1.165) is 47.3 Å². The number of rotatable bonds is 21. The molecule has 7 rings (SSSR count). The van der Waals surface area contributed by atoms with Gasteiger partial charge >= 0.3 is 6.09 Å². The molecule has 1 amide bonds. The number of allylic oxidation sites excluding steroid dienone is 1. The third kappa shape index (κ3) is 9.81. The van der Waals surface area contributed by atoms with Gasteiger partial charge in [-0.25, -0.2) is 4.79 Å². The maximum Gasteiger partial charge on any atom is 0.410 e. The van der Waals surface area contributed by atoms with Crippen molar-refractivity contribution in [2.75, 3.05) is 52.0 Å². The summed E-state index contributed by atoms with van der Waals surface area (Å²) in [6, 6.07) is 18.7. The lowest BCUT2D eigenvalue weighted by molar-refractivity contribution is -0.256. The number of unbranched alkanes of at least 4 members (excludes halogenated alkanes) is 2. The van der Waals surface area contributed by atoms with Crippen molar-refractivity contribution in [2.24, 2.45) is 22.9 Å². The van der Waals surface area contributed by atoms with E-state index in [0.29, 0.717) is 53.9 Å². The standard InChI is InChI=1S/C47H57ClN2O10S/c1-4-23-57-47-43(50(46(53)54-24-20-48)29-31-12-18-41-42(25-31)56-30-55-41)28-39(49-58-5-2)37-26-32(10-6-8-21-51)36(11-7-9-22-52)44(45(37)47)38-27-34(15-19-40(38)60-47)59-33-13-16-35(61-3)17-14-33/h4,12-19,25-27,32,36,43-45,51-52H,1,5-11,20-24,28-30H2,2-3H3. The minimum absolute atomic E-state index is 0.00269. The zero-order chi connectivity index (χ0) is 42.8. The monoisotopic (exact) mass is 876 g/mol. The van der Waals surface area contributed by atoms with Gasteiger partial charge in [-0.3, -0.25) is 4.90 Å². The highest BCUT2D eigenvalue weighted by Crippen LogP contribution is 2.62. The van der Waals surface area contributed by atoms with Gasteiger partial charge in [0, 0.05) is 42.6 Å². The van der Waals surface area contributed by atoms with E-state index < -0.39 is 23.8 Å². The molecule has 0 spiro atoms. The molecule has 1 saturated carbocycles. The summed E-state index contributed by atoms with van der Waals surface area (Å²) in [4.78, 5) is 23.2. The van der Waals surface area contributed by atoms with Crippen LogP contribution >= 0.6 is 23.4 Å². The molecular formula is C47H57ClN2O10S. The van der Waals surface area contributed by atoms with Crippen molar-refractivity contribution >= 4 is 35.2 Å². The number of amides is 1. The number of nitrogens with zero attached hydrogens (tertiary/aromatic N) is 2. The Kier molecular flexibility index (Phi) is 15.5.